The topological polar surface area (TPSA) is 75.7 Å². The van der Waals surface area contributed by atoms with Gasteiger partial charge in [-0.1, -0.05) is 12.1 Å². The fourth-order valence-electron chi connectivity index (χ4n) is 1.51. The number of benzene rings is 1. The zero-order valence-electron chi connectivity index (χ0n) is 11.0. The van der Waals surface area contributed by atoms with E-state index in [2.05, 4.69) is 15.5 Å². The van der Waals surface area contributed by atoms with E-state index in [1.54, 1.807) is 31.5 Å². The Morgan fingerprint density at radius 2 is 2.10 bits per heavy atom. The molecule has 2 aromatic rings. The molecule has 0 unspecified atom stereocenters. The van der Waals surface area contributed by atoms with E-state index in [0.29, 0.717) is 11.5 Å². The first-order valence-electron chi connectivity index (χ1n) is 6.00. The van der Waals surface area contributed by atoms with Gasteiger partial charge in [0, 0.05) is 6.20 Å². The molecule has 2 rings (SSSR count). The number of nitrogens with one attached hydrogen (secondary N) is 2. The molecule has 20 heavy (non-hydrogen) atoms. The van der Waals surface area contributed by atoms with Crippen molar-refractivity contribution in [3.63, 3.8) is 0 Å². The van der Waals surface area contributed by atoms with Gasteiger partial charge in [0.25, 0.3) is 5.91 Å². The molecule has 0 aliphatic carbocycles. The standard InChI is InChI=1S/C14H15N3O3/c1-19-12-6-2-3-7-13(12)20-10-14(18)17-16-9-11-5-4-8-15-11/h2-9,15H,10H2,1H3,(H,17,18). The summed E-state index contributed by atoms with van der Waals surface area (Å²) >= 11 is 0. The number of rotatable bonds is 6. The average Bonchev–Trinajstić information content (AvgIpc) is 2.98. The number of carbonyl (C=O) groups is 1. The lowest BCUT2D eigenvalue weighted by Crippen LogP contribution is -2.24. The van der Waals surface area contributed by atoms with Gasteiger partial charge in [-0.3, -0.25) is 4.79 Å². The molecule has 1 amide bonds. The quantitative estimate of drug-likeness (QED) is 0.619. The van der Waals surface area contributed by atoms with Gasteiger partial charge < -0.3 is 14.5 Å². The highest BCUT2D eigenvalue weighted by molar-refractivity contribution is 5.81. The van der Waals surface area contributed by atoms with Crippen LogP contribution < -0.4 is 14.9 Å². The number of aromatic amines is 1. The second kappa shape index (κ2) is 6.98. The van der Waals surface area contributed by atoms with Crippen molar-refractivity contribution >= 4 is 12.1 Å². The van der Waals surface area contributed by atoms with Crippen molar-refractivity contribution in [2.45, 2.75) is 0 Å². The Morgan fingerprint density at radius 1 is 1.30 bits per heavy atom. The molecule has 0 saturated carbocycles. The molecule has 0 radical (unpaired) electrons. The van der Waals surface area contributed by atoms with Crippen LogP contribution in [0.25, 0.3) is 0 Å². The van der Waals surface area contributed by atoms with Crippen molar-refractivity contribution in [3.8, 4) is 11.5 Å². The molecule has 0 fully saturated rings. The van der Waals surface area contributed by atoms with Crippen LogP contribution >= 0.6 is 0 Å². The Kier molecular flexibility index (Phi) is 4.77. The van der Waals surface area contributed by atoms with Crippen LogP contribution in [0.2, 0.25) is 0 Å². The largest absolute Gasteiger partial charge is 0.493 e. The van der Waals surface area contributed by atoms with Gasteiger partial charge in [0.15, 0.2) is 18.1 Å². The van der Waals surface area contributed by atoms with Crippen molar-refractivity contribution in [3.05, 3.63) is 48.3 Å². The van der Waals surface area contributed by atoms with Crippen LogP contribution in [-0.2, 0) is 4.79 Å². The van der Waals surface area contributed by atoms with E-state index in [-0.39, 0.29) is 12.5 Å². The summed E-state index contributed by atoms with van der Waals surface area (Å²) in [6.07, 6.45) is 3.29. The van der Waals surface area contributed by atoms with Gasteiger partial charge in [0.2, 0.25) is 0 Å². The highest BCUT2D eigenvalue weighted by Gasteiger charge is 2.05. The molecule has 2 N–H and O–H groups in total. The molecule has 0 bridgehead atoms. The first-order valence-corrected chi connectivity index (χ1v) is 6.00. The maximum atomic E-state index is 11.5. The van der Waals surface area contributed by atoms with E-state index in [0.717, 1.165) is 5.69 Å². The Balaban J connectivity index is 1.80. The van der Waals surface area contributed by atoms with Gasteiger partial charge in [-0.2, -0.15) is 5.10 Å². The number of aromatic nitrogens is 1. The minimum atomic E-state index is -0.348. The molecule has 1 heterocycles. The van der Waals surface area contributed by atoms with Gasteiger partial charge >= 0.3 is 0 Å². The van der Waals surface area contributed by atoms with Crippen LogP contribution in [-0.4, -0.2) is 30.8 Å². The fraction of sp³-hybridized carbons (Fsp3) is 0.143. The lowest BCUT2D eigenvalue weighted by Gasteiger charge is -2.08. The van der Waals surface area contributed by atoms with Crippen molar-refractivity contribution in [1.29, 1.82) is 0 Å². The summed E-state index contributed by atoms with van der Waals surface area (Å²) in [4.78, 5) is 14.5. The van der Waals surface area contributed by atoms with Gasteiger partial charge in [-0.05, 0) is 24.3 Å². The van der Waals surface area contributed by atoms with E-state index in [9.17, 15) is 4.79 Å². The monoisotopic (exact) mass is 273 g/mol. The van der Waals surface area contributed by atoms with Crippen molar-refractivity contribution in [2.24, 2.45) is 5.10 Å². The SMILES string of the molecule is COc1ccccc1OCC(=O)NN=Cc1ccc[nH]1. The van der Waals surface area contributed by atoms with Crippen molar-refractivity contribution in [1.82, 2.24) is 10.4 Å². The summed E-state index contributed by atoms with van der Waals surface area (Å²) in [5.41, 5.74) is 3.18. The molecule has 104 valence electrons. The Morgan fingerprint density at radius 3 is 2.80 bits per heavy atom. The highest BCUT2D eigenvalue weighted by Crippen LogP contribution is 2.25. The van der Waals surface area contributed by atoms with E-state index >= 15 is 0 Å². The summed E-state index contributed by atoms with van der Waals surface area (Å²) in [5.74, 6) is 0.743. The third-order valence-electron chi connectivity index (χ3n) is 2.44. The molecular formula is C14H15N3O3. The van der Waals surface area contributed by atoms with Gasteiger partial charge in [0.05, 0.1) is 19.0 Å². The summed E-state index contributed by atoms with van der Waals surface area (Å²) in [7, 11) is 1.54. The number of hydrogen-bond donors (Lipinski definition) is 2. The number of amides is 1. The number of H-pyrrole nitrogens is 1. The predicted molar refractivity (Wildman–Crippen MR) is 75.0 cm³/mol. The average molecular weight is 273 g/mol. The predicted octanol–water partition coefficient (Wildman–Crippen LogP) is 1.55. The summed E-state index contributed by atoms with van der Waals surface area (Å²) in [6.45, 7) is -0.136. The van der Waals surface area contributed by atoms with Gasteiger partial charge in [0.1, 0.15) is 0 Å². The lowest BCUT2D eigenvalue weighted by molar-refractivity contribution is -0.123. The maximum absolute atomic E-state index is 11.5. The minimum Gasteiger partial charge on any atom is -0.493 e. The van der Waals surface area contributed by atoms with Gasteiger partial charge in [-0.25, -0.2) is 5.43 Å². The van der Waals surface area contributed by atoms with Gasteiger partial charge in [-0.15, -0.1) is 0 Å². The molecule has 0 atom stereocenters. The van der Waals surface area contributed by atoms with Crippen LogP contribution in [0.5, 0.6) is 11.5 Å². The number of hydrazone groups is 1. The summed E-state index contributed by atoms with van der Waals surface area (Å²) in [6, 6.07) is 10.8. The Hall–Kier alpha value is -2.76. The Labute approximate surface area is 116 Å². The molecule has 1 aromatic carbocycles. The number of para-hydroxylation sites is 2. The zero-order valence-corrected chi connectivity index (χ0v) is 11.0. The molecule has 6 nitrogen and oxygen atoms in total. The maximum Gasteiger partial charge on any atom is 0.277 e. The van der Waals surface area contributed by atoms with Crippen LogP contribution in [0.4, 0.5) is 0 Å². The summed E-state index contributed by atoms with van der Waals surface area (Å²) < 4.78 is 10.5. The third-order valence-corrected chi connectivity index (χ3v) is 2.44. The van der Waals surface area contributed by atoms with E-state index in [1.165, 1.54) is 6.21 Å². The second-order valence-corrected chi connectivity index (χ2v) is 3.86. The smallest absolute Gasteiger partial charge is 0.277 e. The van der Waals surface area contributed by atoms with Crippen LogP contribution in [0.1, 0.15) is 5.69 Å². The minimum absolute atomic E-state index is 0.136. The third kappa shape index (κ3) is 3.88. The van der Waals surface area contributed by atoms with Crippen LogP contribution in [0, 0.1) is 0 Å². The second-order valence-electron chi connectivity index (χ2n) is 3.86. The molecule has 0 saturated heterocycles. The molecule has 0 spiro atoms. The number of hydrogen-bond acceptors (Lipinski definition) is 4. The zero-order chi connectivity index (χ0) is 14.2. The van der Waals surface area contributed by atoms with E-state index in [4.69, 9.17) is 9.47 Å². The molecule has 1 aromatic heterocycles. The summed E-state index contributed by atoms with van der Waals surface area (Å²) in [5, 5.41) is 3.80. The molecule has 0 aliphatic heterocycles. The Bertz CT molecular complexity index is 579. The van der Waals surface area contributed by atoms with E-state index < -0.39 is 0 Å². The fourth-order valence-corrected chi connectivity index (χ4v) is 1.51. The highest BCUT2D eigenvalue weighted by atomic mass is 16.5. The van der Waals surface area contributed by atoms with Crippen LogP contribution in [0.3, 0.4) is 0 Å². The molecular weight excluding hydrogens is 258 g/mol. The number of carbonyl (C=O) groups excluding carboxylic acids is 1. The van der Waals surface area contributed by atoms with E-state index in [1.807, 2.05) is 18.2 Å². The normalized spacial score (nSPS) is 10.4. The van der Waals surface area contributed by atoms with Crippen molar-refractivity contribution in [2.75, 3.05) is 13.7 Å². The first kappa shape index (κ1) is 13.7. The van der Waals surface area contributed by atoms with Crippen molar-refractivity contribution < 1.29 is 14.3 Å². The number of nitrogens with zero attached hydrogens (tertiary/aromatic N) is 1. The number of ether oxygens (including phenoxy) is 2. The lowest BCUT2D eigenvalue weighted by atomic mass is 10.3. The molecule has 6 heteroatoms. The number of methoxy groups -OCH3 is 1. The molecule has 0 aliphatic rings. The van der Waals surface area contributed by atoms with Crippen LogP contribution in [0.15, 0.2) is 47.7 Å². The first-order chi connectivity index (χ1) is 9.79.